The first-order valence-electron chi connectivity index (χ1n) is 5.41. The summed E-state index contributed by atoms with van der Waals surface area (Å²) in [7, 11) is 1.86. The smallest absolute Gasteiger partial charge is 0.140 e. The van der Waals surface area contributed by atoms with E-state index in [4.69, 9.17) is 4.42 Å². The van der Waals surface area contributed by atoms with Crippen LogP contribution in [0.5, 0.6) is 0 Å². The average molecular weight is 221 g/mol. The lowest BCUT2D eigenvalue weighted by Crippen LogP contribution is -2.12. The van der Waals surface area contributed by atoms with Gasteiger partial charge in [-0.15, -0.1) is 0 Å². The van der Waals surface area contributed by atoms with Crippen molar-refractivity contribution in [3.05, 3.63) is 34.8 Å². The van der Waals surface area contributed by atoms with Crippen molar-refractivity contribution in [2.75, 3.05) is 7.05 Å². The number of aryl methyl sites for hydroxylation is 2. The fraction of sp³-hybridized carbons (Fsp3) is 0.385. The molecule has 2 nitrogen and oxygen atoms in total. The highest BCUT2D eigenvalue weighted by Gasteiger charge is 2.18. The zero-order valence-corrected chi connectivity index (χ0v) is 10.0. The number of benzene rings is 1. The van der Waals surface area contributed by atoms with Gasteiger partial charge in [-0.05, 0) is 39.4 Å². The highest BCUT2D eigenvalue weighted by atomic mass is 19.1. The number of hydrogen-bond acceptors (Lipinski definition) is 2. The van der Waals surface area contributed by atoms with Gasteiger partial charge in [0.15, 0.2) is 0 Å². The summed E-state index contributed by atoms with van der Waals surface area (Å²) in [5, 5.41) is 3.71. The minimum absolute atomic E-state index is 0.0891. The summed E-state index contributed by atoms with van der Waals surface area (Å²) in [6, 6.07) is 3.33. The van der Waals surface area contributed by atoms with Crippen molar-refractivity contribution in [2.45, 2.75) is 26.8 Å². The molecule has 1 unspecified atom stereocenters. The van der Waals surface area contributed by atoms with Gasteiger partial charge in [0, 0.05) is 5.56 Å². The molecule has 2 aromatic rings. The average Bonchev–Trinajstić information content (AvgIpc) is 2.62. The van der Waals surface area contributed by atoms with Crippen LogP contribution in [0.25, 0.3) is 11.0 Å². The minimum atomic E-state index is -0.212. The summed E-state index contributed by atoms with van der Waals surface area (Å²) in [4.78, 5) is 0. The molecule has 0 radical (unpaired) electrons. The second-order valence-electron chi connectivity index (χ2n) is 4.17. The molecule has 0 fully saturated rings. The first-order valence-corrected chi connectivity index (χ1v) is 5.41. The maximum atomic E-state index is 13.7. The third kappa shape index (κ3) is 1.52. The lowest BCUT2D eigenvalue weighted by molar-refractivity contribution is 0.470. The molecule has 1 aromatic carbocycles. The largest absolute Gasteiger partial charge is 0.459 e. The summed E-state index contributed by atoms with van der Waals surface area (Å²) < 4.78 is 19.5. The Hall–Kier alpha value is -1.35. The summed E-state index contributed by atoms with van der Waals surface area (Å²) in [5.41, 5.74) is 2.52. The van der Waals surface area contributed by atoms with E-state index in [2.05, 4.69) is 5.32 Å². The number of hydrogen-bond donors (Lipinski definition) is 1. The van der Waals surface area contributed by atoms with Gasteiger partial charge in [-0.25, -0.2) is 4.39 Å². The van der Waals surface area contributed by atoms with E-state index >= 15 is 0 Å². The molecule has 0 saturated heterocycles. The van der Waals surface area contributed by atoms with Crippen molar-refractivity contribution in [2.24, 2.45) is 0 Å². The number of nitrogens with one attached hydrogen (secondary N) is 1. The second-order valence-corrected chi connectivity index (χ2v) is 4.17. The number of furan rings is 1. The molecule has 0 saturated carbocycles. The van der Waals surface area contributed by atoms with Crippen LogP contribution in [0, 0.1) is 19.7 Å². The molecule has 3 heteroatoms. The Labute approximate surface area is 94.4 Å². The van der Waals surface area contributed by atoms with E-state index in [0.29, 0.717) is 11.0 Å². The van der Waals surface area contributed by atoms with Crippen molar-refractivity contribution in [3.8, 4) is 0 Å². The molecule has 1 heterocycles. The molecule has 0 aliphatic rings. The van der Waals surface area contributed by atoms with Crippen LogP contribution in [0.2, 0.25) is 0 Å². The van der Waals surface area contributed by atoms with E-state index in [1.807, 2.05) is 27.8 Å². The Morgan fingerprint density at radius 3 is 2.56 bits per heavy atom. The number of halogens is 1. The molecule has 0 aliphatic carbocycles. The fourth-order valence-corrected chi connectivity index (χ4v) is 2.00. The predicted molar refractivity (Wildman–Crippen MR) is 63.1 cm³/mol. The van der Waals surface area contributed by atoms with Gasteiger partial charge in [-0.3, -0.25) is 0 Å². The van der Waals surface area contributed by atoms with E-state index in [1.165, 1.54) is 6.07 Å². The fourth-order valence-electron chi connectivity index (χ4n) is 2.00. The molecular weight excluding hydrogens is 205 g/mol. The molecular formula is C13H16FNO. The standard InChI is InChI=1S/C13H16FNO/c1-7-5-6-10(14)11-8(2)13(9(3)15-4)16-12(7)11/h5-6,9,15H,1-4H3. The van der Waals surface area contributed by atoms with Gasteiger partial charge in [0.25, 0.3) is 0 Å². The lowest BCUT2D eigenvalue weighted by atomic mass is 10.1. The Morgan fingerprint density at radius 2 is 2.00 bits per heavy atom. The molecule has 0 spiro atoms. The van der Waals surface area contributed by atoms with E-state index in [0.717, 1.165) is 16.9 Å². The normalized spacial score (nSPS) is 13.3. The topological polar surface area (TPSA) is 25.2 Å². The van der Waals surface area contributed by atoms with Crippen LogP contribution in [0.15, 0.2) is 16.5 Å². The molecule has 0 amide bonds. The lowest BCUT2D eigenvalue weighted by Gasteiger charge is -2.06. The molecule has 1 N–H and O–H groups in total. The predicted octanol–water partition coefficient (Wildman–Crippen LogP) is 3.47. The number of fused-ring (bicyclic) bond motifs is 1. The third-order valence-corrected chi connectivity index (χ3v) is 3.09. The second kappa shape index (κ2) is 3.91. The van der Waals surface area contributed by atoms with Gasteiger partial charge in [-0.2, -0.15) is 0 Å². The molecule has 0 aliphatic heterocycles. The Balaban J connectivity index is 2.77. The minimum Gasteiger partial charge on any atom is -0.459 e. The van der Waals surface area contributed by atoms with Crippen molar-refractivity contribution in [3.63, 3.8) is 0 Å². The van der Waals surface area contributed by atoms with Gasteiger partial charge < -0.3 is 9.73 Å². The van der Waals surface area contributed by atoms with Crippen LogP contribution in [0.1, 0.15) is 29.9 Å². The molecule has 86 valence electrons. The Bertz CT molecular complexity index is 530. The van der Waals surface area contributed by atoms with E-state index < -0.39 is 0 Å². The van der Waals surface area contributed by atoms with Gasteiger partial charge in [0.05, 0.1) is 11.4 Å². The maximum Gasteiger partial charge on any atom is 0.140 e. The molecule has 2 rings (SSSR count). The summed E-state index contributed by atoms with van der Waals surface area (Å²) in [6.45, 7) is 5.83. The molecule has 1 atom stereocenters. The summed E-state index contributed by atoms with van der Waals surface area (Å²) >= 11 is 0. The highest BCUT2D eigenvalue weighted by Crippen LogP contribution is 2.32. The van der Waals surface area contributed by atoms with Gasteiger partial charge >= 0.3 is 0 Å². The van der Waals surface area contributed by atoms with Gasteiger partial charge in [0.1, 0.15) is 17.2 Å². The third-order valence-electron chi connectivity index (χ3n) is 3.09. The van der Waals surface area contributed by atoms with E-state index in [1.54, 1.807) is 6.07 Å². The van der Waals surface area contributed by atoms with Crippen LogP contribution in [-0.4, -0.2) is 7.05 Å². The van der Waals surface area contributed by atoms with Gasteiger partial charge in [-0.1, -0.05) is 6.07 Å². The van der Waals surface area contributed by atoms with Crippen molar-refractivity contribution >= 4 is 11.0 Å². The van der Waals surface area contributed by atoms with Crippen LogP contribution in [-0.2, 0) is 0 Å². The molecule has 16 heavy (non-hydrogen) atoms. The summed E-state index contributed by atoms with van der Waals surface area (Å²) in [5.74, 6) is 0.599. The van der Waals surface area contributed by atoms with E-state index in [-0.39, 0.29) is 11.9 Å². The maximum absolute atomic E-state index is 13.7. The van der Waals surface area contributed by atoms with Crippen LogP contribution >= 0.6 is 0 Å². The number of rotatable bonds is 2. The highest BCUT2D eigenvalue weighted by molar-refractivity contribution is 5.85. The first kappa shape index (κ1) is 11.1. The van der Waals surface area contributed by atoms with Crippen LogP contribution in [0.3, 0.4) is 0 Å². The van der Waals surface area contributed by atoms with Crippen molar-refractivity contribution in [1.82, 2.24) is 5.32 Å². The SMILES string of the molecule is CNC(C)c1oc2c(C)ccc(F)c2c1C. The van der Waals surface area contributed by atoms with Gasteiger partial charge in [0.2, 0.25) is 0 Å². The monoisotopic (exact) mass is 221 g/mol. The zero-order chi connectivity index (χ0) is 11.9. The van der Waals surface area contributed by atoms with E-state index in [9.17, 15) is 4.39 Å². The first-order chi connectivity index (χ1) is 7.56. The quantitative estimate of drug-likeness (QED) is 0.840. The Morgan fingerprint density at radius 1 is 1.31 bits per heavy atom. The molecule has 0 bridgehead atoms. The summed E-state index contributed by atoms with van der Waals surface area (Å²) in [6.07, 6.45) is 0. The van der Waals surface area contributed by atoms with Crippen LogP contribution < -0.4 is 5.32 Å². The zero-order valence-electron chi connectivity index (χ0n) is 10.0. The van der Waals surface area contributed by atoms with Crippen molar-refractivity contribution in [1.29, 1.82) is 0 Å². The van der Waals surface area contributed by atoms with Crippen LogP contribution in [0.4, 0.5) is 4.39 Å². The van der Waals surface area contributed by atoms with Crippen molar-refractivity contribution < 1.29 is 8.81 Å². The molecule has 1 aromatic heterocycles. The Kier molecular flexibility index (Phi) is 2.72.